The smallest absolute Gasteiger partial charge is 0.262 e. The lowest BCUT2D eigenvalue weighted by molar-refractivity contribution is 0.0973. The van der Waals surface area contributed by atoms with Crippen LogP contribution in [0.15, 0.2) is 60.8 Å². The maximum Gasteiger partial charge on any atom is 0.262 e. The maximum atomic E-state index is 13.2. The first-order valence-corrected chi connectivity index (χ1v) is 7.61. The number of anilines is 2. The summed E-state index contributed by atoms with van der Waals surface area (Å²) in [6, 6.07) is 16.8. The summed E-state index contributed by atoms with van der Waals surface area (Å²) in [6.07, 6.45) is 1.27. The highest BCUT2D eigenvalue weighted by Gasteiger charge is 2.35. The highest BCUT2D eigenvalue weighted by molar-refractivity contribution is 6.12. The van der Waals surface area contributed by atoms with Crippen LogP contribution in [0.4, 0.5) is 11.4 Å². The Hall–Kier alpha value is -3.28. The van der Waals surface area contributed by atoms with Crippen molar-refractivity contribution in [2.75, 3.05) is 17.3 Å². The van der Waals surface area contributed by atoms with Crippen LogP contribution in [-0.2, 0) is 0 Å². The molecule has 2 heterocycles. The van der Waals surface area contributed by atoms with Gasteiger partial charge in [-0.1, -0.05) is 24.3 Å². The first kappa shape index (κ1) is 14.3. The van der Waals surface area contributed by atoms with Crippen molar-refractivity contribution in [1.29, 1.82) is 0 Å². The van der Waals surface area contributed by atoms with Crippen molar-refractivity contribution in [3.63, 3.8) is 0 Å². The van der Waals surface area contributed by atoms with Gasteiger partial charge >= 0.3 is 0 Å². The van der Waals surface area contributed by atoms with Gasteiger partial charge < -0.3 is 10.1 Å². The summed E-state index contributed by atoms with van der Waals surface area (Å²) < 4.78 is 5.45. The van der Waals surface area contributed by atoms with Gasteiger partial charge in [-0.25, -0.2) is 0 Å². The van der Waals surface area contributed by atoms with E-state index in [2.05, 4.69) is 15.5 Å². The second-order valence-corrected chi connectivity index (χ2v) is 5.45. The fourth-order valence-electron chi connectivity index (χ4n) is 2.97. The minimum Gasteiger partial charge on any atom is -0.495 e. The summed E-state index contributed by atoms with van der Waals surface area (Å²) >= 11 is 0. The van der Waals surface area contributed by atoms with Crippen molar-refractivity contribution in [2.24, 2.45) is 0 Å². The normalized spacial score (nSPS) is 16.5. The number of methoxy groups -OCH3 is 1. The molecule has 1 aromatic heterocycles. The summed E-state index contributed by atoms with van der Waals surface area (Å²) in [5, 5.41) is 10.4. The Balaban J connectivity index is 1.89. The first-order chi connectivity index (χ1) is 11.8. The monoisotopic (exact) mass is 320 g/mol. The third-order valence-electron chi connectivity index (χ3n) is 4.09. The molecule has 0 saturated carbocycles. The van der Waals surface area contributed by atoms with Crippen molar-refractivity contribution < 1.29 is 9.53 Å². The van der Waals surface area contributed by atoms with Gasteiger partial charge in [-0.05, 0) is 30.3 Å². The second kappa shape index (κ2) is 5.73. The number of ether oxygens (including phenoxy) is 1. The predicted molar refractivity (Wildman–Crippen MR) is 91.2 cm³/mol. The Kier molecular flexibility index (Phi) is 3.42. The molecule has 3 aromatic rings. The molecule has 6 nitrogen and oxygen atoms in total. The van der Waals surface area contributed by atoms with Crippen LogP contribution in [-0.4, -0.2) is 23.2 Å². The quantitative estimate of drug-likeness (QED) is 0.777. The molecule has 0 bridgehead atoms. The van der Waals surface area contributed by atoms with E-state index in [0.29, 0.717) is 17.0 Å². The average molecular weight is 320 g/mol. The number of aromatic nitrogens is 2. The summed E-state index contributed by atoms with van der Waals surface area (Å²) in [4.78, 5) is 14.9. The Bertz CT molecular complexity index is 876. The molecule has 0 spiro atoms. The van der Waals surface area contributed by atoms with Gasteiger partial charge in [0.05, 0.1) is 24.1 Å². The van der Waals surface area contributed by atoms with Crippen LogP contribution in [0.25, 0.3) is 0 Å². The van der Waals surface area contributed by atoms with Crippen LogP contribution in [0.2, 0.25) is 0 Å². The number of aromatic amines is 1. The molecule has 6 heteroatoms. The standard InChI is InChI=1S/C18H16N4O2/c1-24-16-9-5-4-8-15(16)22-17(14-10-11-19-21-14)20-13-7-3-2-6-12(13)18(22)23/h2-11,17,20H,1H3,(H,19,21)/t17-/m0/s1. The van der Waals surface area contributed by atoms with Gasteiger partial charge in [0, 0.05) is 11.9 Å². The van der Waals surface area contributed by atoms with E-state index in [1.54, 1.807) is 18.2 Å². The number of benzene rings is 2. The molecule has 120 valence electrons. The molecule has 2 N–H and O–H groups in total. The number of nitrogens with zero attached hydrogens (tertiary/aromatic N) is 2. The van der Waals surface area contributed by atoms with Crippen LogP contribution in [0.1, 0.15) is 22.2 Å². The lowest BCUT2D eigenvalue weighted by Crippen LogP contribution is -2.43. The minimum absolute atomic E-state index is 0.0894. The van der Waals surface area contributed by atoms with Crippen molar-refractivity contribution in [3.05, 3.63) is 72.1 Å². The van der Waals surface area contributed by atoms with Crippen molar-refractivity contribution in [1.82, 2.24) is 10.2 Å². The van der Waals surface area contributed by atoms with E-state index >= 15 is 0 Å². The predicted octanol–water partition coefficient (Wildman–Crippen LogP) is 3.19. The Labute approximate surface area is 139 Å². The Morgan fingerprint density at radius 1 is 1.08 bits per heavy atom. The number of amides is 1. The molecule has 0 saturated heterocycles. The van der Waals surface area contributed by atoms with Crippen LogP contribution in [0.3, 0.4) is 0 Å². The average Bonchev–Trinajstić information content (AvgIpc) is 3.16. The molecule has 0 aliphatic carbocycles. The zero-order valence-corrected chi connectivity index (χ0v) is 13.1. The molecule has 1 aliphatic rings. The van der Waals surface area contributed by atoms with E-state index in [9.17, 15) is 4.79 Å². The van der Waals surface area contributed by atoms with E-state index in [4.69, 9.17) is 4.74 Å². The molecule has 2 aromatic carbocycles. The highest BCUT2D eigenvalue weighted by atomic mass is 16.5. The van der Waals surface area contributed by atoms with E-state index in [1.807, 2.05) is 54.6 Å². The lowest BCUT2D eigenvalue weighted by atomic mass is 10.0. The summed E-state index contributed by atoms with van der Waals surface area (Å²) in [5.41, 5.74) is 2.92. The number of carbonyl (C=O) groups excluding carboxylic acids is 1. The van der Waals surface area contributed by atoms with Gasteiger partial charge in [0.15, 0.2) is 0 Å². The lowest BCUT2D eigenvalue weighted by Gasteiger charge is -2.37. The molecular formula is C18H16N4O2. The molecule has 24 heavy (non-hydrogen) atoms. The molecule has 1 amide bonds. The number of H-pyrrole nitrogens is 1. The molecule has 0 unspecified atom stereocenters. The molecule has 4 rings (SSSR count). The Morgan fingerprint density at radius 3 is 2.67 bits per heavy atom. The van der Waals surface area contributed by atoms with Crippen molar-refractivity contribution in [3.8, 4) is 5.75 Å². The van der Waals surface area contributed by atoms with Gasteiger partial charge in [-0.15, -0.1) is 0 Å². The largest absolute Gasteiger partial charge is 0.495 e. The third-order valence-corrected chi connectivity index (χ3v) is 4.09. The summed E-state index contributed by atoms with van der Waals surface area (Å²) in [5.74, 6) is 0.546. The number of para-hydroxylation sites is 3. The van der Waals surface area contributed by atoms with Gasteiger partial charge in [0.2, 0.25) is 0 Å². The molecule has 0 fully saturated rings. The second-order valence-electron chi connectivity index (χ2n) is 5.45. The van der Waals surface area contributed by atoms with Gasteiger partial charge in [0.25, 0.3) is 5.91 Å². The summed E-state index contributed by atoms with van der Waals surface area (Å²) in [7, 11) is 1.60. The molecule has 1 aliphatic heterocycles. The SMILES string of the molecule is COc1ccccc1N1C(=O)c2ccccc2N[C@@H]1c1ccn[nH]1. The van der Waals surface area contributed by atoms with E-state index in [1.165, 1.54) is 0 Å². The van der Waals surface area contributed by atoms with E-state index in [-0.39, 0.29) is 5.91 Å². The number of hydrogen-bond acceptors (Lipinski definition) is 4. The van der Waals surface area contributed by atoms with Crippen molar-refractivity contribution >= 4 is 17.3 Å². The number of rotatable bonds is 3. The molecule has 0 radical (unpaired) electrons. The van der Waals surface area contributed by atoms with Crippen molar-refractivity contribution in [2.45, 2.75) is 6.17 Å². The third kappa shape index (κ3) is 2.20. The van der Waals surface area contributed by atoms with Gasteiger partial charge in [-0.3, -0.25) is 14.8 Å². The maximum absolute atomic E-state index is 13.2. The van der Waals surface area contributed by atoms with Crippen LogP contribution in [0, 0.1) is 0 Å². The van der Waals surface area contributed by atoms with Gasteiger partial charge in [0.1, 0.15) is 11.9 Å². The number of carbonyl (C=O) groups is 1. The van der Waals surface area contributed by atoms with E-state index in [0.717, 1.165) is 11.4 Å². The Morgan fingerprint density at radius 2 is 1.88 bits per heavy atom. The molecular weight excluding hydrogens is 304 g/mol. The van der Waals surface area contributed by atoms with Crippen LogP contribution in [0.5, 0.6) is 5.75 Å². The zero-order valence-electron chi connectivity index (χ0n) is 13.1. The zero-order chi connectivity index (χ0) is 16.5. The topological polar surface area (TPSA) is 70.2 Å². The van der Waals surface area contributed by atoms with Gasteiger partial charge in [-0.2, -0.15) is 5.10 Å². The summed E-state index contributed by atoms with van der Waals surface area (Å²) in [6.45, 7) is 0. The number of fused-ring (bicyclic) bond motifs is 1. The molecule has 1 atom stereocenters. The first-order valence-electron chi connectivity index (χ1n) is 7.61. The highest BCUT2D eigenvalue weighted by Crippen LogP contribution is 2.39. The number of nitrogens with one attached hydrogen (secondary N) is 2. The van der Waals surface area contributed by atoms with E-state index < -0.39 is 6.17 Å². The minimum atomic E-state index is -0.397. The van der Waals surface area contributed by atoms with Crippen LogP contribution < -0.4 is 15.0 Å². The van der Waals surface area contributed by atoms with Crippen LogP contribution >= 0.6 is 0 Å². The fourth-order valence-corrected chi connectivity index (χ4v) is 2.97. The number of hydrogen-bond donors (Lipinski definition) is 2. The fraction of sp³-hybridized carbons (Fsp3) is 0.111.